The van der Waals surface area contributed by atoms with E-state index in [1.54, 1.807) is 0 Å². The lowest BCUT2D eigenvalue weighted by Gasteiger charge is -2.37. The lowest BCUT2D eigenvalue weighted by molar-refractivity contribution is 0.237. The smallest absolute Gasteiger partial charge is 0.0426 e. The summed E-state index contributed by atoms with van der Waals surface area (Å²) in [5.74, 6) is 0. The predicted molar refractivity (Wildman–Crippen MR) is 78.6 cm³/mol. The Bertz CT molecular complexity index is 375. The minimum absolute atomic E-state index is 0.558. The zero-order chi connectivity index (χ0) is 13.0. The van der Waals surface area contributed by atoms with E-state index in [1.165, 1.54) is 5.69 Å². The Labute approximate surface area is 115 Å². The molecule has 0 radical (unpaired) electrons. The molecule has 1 atom stereocenters. The van der Waals surface area contributed by atoms with Crippen molar-refractivity contribution in [2.45, 2.75) is 13.0 Å². The van der Waals surface area contributed by atoms with E-state index in [1.807, 2.05) is 25.2 Å². The van der Waals surface area contributed by atoms with Crippen LogP contribution in [0.1, 0.15) is 6.92 Å². The van der Waals surface area contributed by atoms with E-state index in [0.29, 0.717) is 6.04 Å². The lowest BCUT2D eigenvalue weighted by atomic mass is 10.2. The van der Waals surface area contributed by atoms with Crippen LogP contribution in [0, 0.1) is 0 Å². The van der Waals surface area contributed by atoms with Gasteiger partial charge in [-0.05, 0) is 32.2 Å². The second-order valence-corrected chi connectivity index (χ2v) is 5.39. The number of hydrogen-bond acceptors (Lipinski definition) is 3. The van der Waals surface area contributed by atoms with Gasteiger partial charge in [-0.25, -0.2) is 0 Å². The zero-order valence-corrected chi connectivity index (χ0v) is 12.0. The maximum atomic E-state index is 6.04. The molecule has 1 aromatic rings. The van der Waals surface area contributed by atoms with E-state index in [9.17, 15) is 0 Å². The molecular weight excluding hydrogens is 246 g/mol. The molecule has 1 aliphatic rings. The standard InChI is InChI=1S/C14H22ClN3/c1-12(16-2)11-17-6-8-18(9-7-17)14-5-3-4-13(15)10-14/h3-5,10,12,16H,6-9,11H2,1-2H3. The summed E-state index contributed by atoms with van der Waals surface area (Å²) in [6, 6.07) is 8.69. The molecule has 0 aliphatic carbocycles. The molecule has 0 bridgehead atoms. The summed E-state index contributed by atoms with van der Waals surface area (Å²) in [7, 11) is 2.02. The third-order valence-electron chi connectivity index (χ3n) is 3.57. The van der Waals surface area contributed by atoms with Crippen molar-refractivity contribution < 1.29 is 0 Å². The number of likely N-dealkylation sites (N-methyl/N-ethyl adjacent to an activating group) is 1. The fourth-order valence-electron chi connectivity index (χ4n) is 2.34. The van der Waals surface area contributed by atoms with E-state index >= 15 is 0 Å². The highest BCUT2D eigenvalue weighted by molar-refractivity contribution is 6.30. The molecule has 2 rings (SSSR count). The summed E-state index contributed by atoms with van der Waals surface area (Å²) in [5, 5.41) is 4.11. The molecule has 4 heteroatoms. The van der Waals surface area contributed by atoms with Crippen LogP contribution < -0.4 is 10.2 Å². The third kappa shape index (κ3) is 3.61. The van der Waals surface area contributed by atoms with Crippen molar-refractivity contribution in [3.05, 3.63) is 29.3 Å². The van der Waals surface area contributed by atoms with E-state index in [-0.39, 0.29) is 0 Å². The maximum absolute atomic E-state index is 6.04. The van der Waals surface area contributed by atoms with Gasteiger partial charge in [0.25, 0.3) is 0 Å². The van der Waals surface area contributed by atoms with E-state index in [0.717, 1.165) is 37.7 Å². The van der Waals surface area contributed by atoms with E-state index in [2.05, 4.69) is 28.1 Å². The molecule has 0 amide bonds. The van der Waals surface area contributed by atoms with Crippen LogP contribution >= 0.6 is 11.6 Å². The Morgan fingerprint density at radius 3 is 2.61 bits per heavy atom. The highest BCUT2D eigenvalue weighted by Gasteiger charge is 2.18. The number of rotatable bonds is 4. The maximum Gasteiger partial charge on any atom is 0.0426 e. The number of piperazine rings is 1. The first kappa shape index (κ1) is 13.7. The van der Waals surface area contributed by atoms with Gasteiger partial charge in [0, 0.05) is 49.5 Å². The van der Waals surface area contributed by atoms with Crippen LogP contribution in [-0.2, 0) is 0 Å². The van der Waals surface area contributed by atoms with Gasteiger partial charge in [-0.15, -0.1) is 0 Å². The molecule has 1 aliphatic heterocycles. The highest BCUT2D eigenvalue weighted by Crippen LogP contribution is 2.20. The highest BCUT2D eigenvalue weighted by atomic mass is 35.5. The quantitative estimate of drug-likeness (QED) is 0.901. The Balaban J connectivity index is 1.87. The number of benzene rings is 1. The van der Waals surface area contributed by atoms with Crippen LogP contribution in [0.25, 0.3) is 0 Å². The molecule has 18 heavy (non-hydrogen) atoms. The fraction of sp³-hybridized carbons (Fsp3) is 0.571. The van der Waals surface area contributed by atoms with Crippen molar-refractivity contribution in [3.8, 4) is 0 Å². The van der Waals surface area contributed by atoms with Crippen LogP contribution in [0.15, 0.2) is 24.3 Å². The molecule has 100 valence electrons. The Hall–Kier alpha value is -0.770. The van der Waals surface area contributed by atoms with E-state index in [4.69, 9.17) is 11.6 Å². The predicted octanol–water partition coefficient (Wildman–Crippen LogP) is 2.07. The van der Waals surface area contributed by atoms with Crippen molar-refractivity contribution in [1.29, 1.82) is 0 Å². The summed E-state index contributed by atoms with van der Waals surface area (Å²) >= 11 is 6.04. The zero-order valence-electron chi connectivity index (χ0n) is 11.2. The normalized spacial score (nSPS) is 18.9. The van der Waals surface area contributed by atoms with Gasteiger partial charge in [-0.2, -0.15) is 0 Å². The first-order chi connectivity index (χ1) is 8.69. The molecular formula is C14H22ClN3. The second kappa shape index (κ2) is 6.41. The van der Waals surface area contributed by atoms with Gasteiger partial charge in [0.15, 0.2) is 0 Å². The van der Waals surface area contributed by atoms with Crippen LogP contribution in [0.3, 0.4) is 0 Å². The first-order valence-corrected chi connectivity index (χ1v) is 6.97. The Kier molecular flexibility index (Phi) is 4.87. The van der Waals surface area contributed by atoms with Gasteiger partial charge >= 0.3 is 0 Å². The Morgan fingerprint density at radius 1 is 1.28 bits per heavy atom. The minimum Gasteiger partial charge on any atom is -0.369 e. The molecule has 0 saturated carbocycles. The van der Waals surface area contributed by atoms with Crippen LogP contribution in [0.2, 0.25) is 5.02 Å². The van der Waals surface area contributed by atoms with Gasteiger partial charge in [0.05, 0.1) is 0 Å². The number of anilines is 1. The van der Waals surface area contributed by atoms with Gasteiger partial charge in [0.2, 0.25) is 0 Å². The lowest BCUT2D eigenvalue weighted by Crippen LogP contribution is -2.49. The monoisotopic (exact) mass is 267 g/mol. The molecule has 1 fully saturated rings. The van der Waals surface area contributed by atoms with Crippen molar-refractivity contribution in [1.82, 2.24) is 10.2 Å². The van der Waals surface area contributed by atoms with Gasteiger partial charge in [0.1, 0.15) is 0 Å². The first-order valence-electron chi connectivity index (χ1n) is 6.59. The Morgan fingerprint density at radius 2 is 2.00 bits per heavy atom. The molecule has 1 N–H and O–H groups in total. The molecule has 0 aromatic heterocycles. The summed E-state index contributed by atoms with van der Waals surface area (Å²) in [4.78, 5) is 4.93. The van der Waals surface area contributed by atoms with Crippen molar-refractivity contribution in [3.63, 3.8) is 0 Å². The van der Waals surface area contributed by atoms with Crippen molar-refractivity contribution in [2.75, 3.05) is 44.7 Å². The molecule has 3 nitrogen and oxygen atoms in total. The van der Waals surface area contributed by atoms with Crippen molar-refractivity contribution in [2.24, 2.45) is 0 Å². The number of hydrogen-bond donors (Lipinski definition) is 1. The number of nitrogens with one attached hydrogen (secondary N) is 1. The molecule has 1 heterocycles. The molecule has 1 aromatic carbocycles. The molecule has 1 saturated heterocycles. The summed E-state index contributed by atoms with van der Waals surface area (Å²) < 4.78 is 0. The topological polar surface area (TPSA) is 18.5 Å². The van der Waals surface area contributed by atoms with Crippen LogP contribution in [-0.4, -0.2) is 50.7 Å². The largest absolute Gasteiger partial charge is 0.369 e. The minimum atomic E-state index is 0.558. The second-order valence-electron chi connectivity index (χ2n) is 4.96. The van der Waals surface area contributed by atoms with Crippen LogP contribution in [0.5, 0.6) is 0 Å². The van der Waals surface area contributed by atoms with Gasteiger partial charge < -0.3 is 10.2 Å². The van der Waals surface area contributed by atoms with Crippen LogP contribution in [0.4, 0.5) is 5.69 Å². The number of halogens is 1. The summed E-state index contributed by atoms with van der Waals surface area (Å²) in [5.41, 5.74) is 1.24. The summed E-state index contributed by atoms with van der Waals surface area (Å²) in [6.07, 6.45) is 0. The average molecular weight is 268 g/mol. The SMILES string of the molecule is CNC(C)CN1CCN(c2cccc(Cl)c2)CC1. The average Bonchev–Trinajstić information content (AvgIpc) is 2.39. The fourth-order valence-corrected chi connectivity index (χ4v) is 2.52. The van der Waals surface area contributed by atoms with E-state index < -0.39 is 0 Å². The van der Waals surface area contributed by atoms with Crippen molar-refractivity contribution >= 4 is 17.3 Å². The van der Waals surface area contributed by atoms with Gasteiger partial charge in [-0.1, -0.05) is 17.7 Å². The number of nitrogens with zero attached hydrogens (tertiary/aromatic N) is 2. The van der Waals surface area contributed by atoms with Gasteiger partial charge in [-0.3, -0.25) is 4.90 Å². The third-order valence-corrected chi connectivity index (χ3v) is 3.81. The summed E-state index contributed by atoms with van der Waals surface area (Å²) in [6.45, 7) is 7.76. The molecule has 0 spiro atoms. The molecule has 1 unspecified atom stereocenters.